The Hall–Kier alpha value is -2.39. The monoisotopic (exact) mass is 418 g/mol. The molecule has 1 aromatic carbocycles. The van der Waals surface area contributed by atoms with E-state index in [9.17, 15) is 0 Å². The topological polar surface area (TPSA) is 76.8 Å². The van der Waals surface area contributed by atoms with E-state index in [0.717, 1.165) is 43.4 Å². The van der Waals surface area contributed by atoms with Gasteiger partial charge in [-0.25, -0.2) is 14.5 Å². The van der Waals surface area contributed by atoms with Crippen molar-refractivity contribution in [3.8, 4) is 5.75 Å². The number of hydrogen-bond acceptors (Lipinski definition) is 7. The van der Waals surface area contributed by atoms with Crippen LogP contribution < -0.4 is 15.0 Å². The second kappa shape index (κ2) is 7.46. The molecule has 0 aliphatic carbocycles. The Morgan fingerprint density at radius 2 is 2.15 bits per heavy atom. The first kappa shape index (κ1) is 17.0. The molecule has 1 aliphatic rings. The summed E-state index contributed by atoms with van der Waals surface area (Å²) in [6.07, 6.45) is 3.27. The molecule has 0 atom stereocenters. The van der Waals surface area contributed by atoms with E-state index in [1.165, 1.54) is 6.33 Å². The number of ether oxygens (including phenoxy) is 2. The summed E-state index contributed by atoms with van der Waals surface area (Å²) in [7, 11) is 0. The molecule has 2 aromatic heterocycles. The van der Waals surface area contributed by atoms with Gasteiger partial charge in [-0.05, 0) is 35.0 Å². The Balaban J connectivity index is 1.66. The van der Waals surface area contributed by atoms with Crippen molar-refractivity contribution in [1.82, 2.24) is 19.6 Å². The second-order valence-corrected chi connectivity index (χ2v) is 6.59. The fourth-order valence-electron chi connectivity index (χ4n) is 2.95. The average molecular weight is 419 g/mol. The zero-order valence-electron chi connectivity index (χ0n) is 14.4. The van der Waals surface area contributed by atoms with Crippen molar-refractivity contribution >= 4 is 38.8 Å². The molecule has 3 aromatic rings. The van der Waals surface area contributed by atoms with Gasteiger partial charge in [-0.1, -0.05) is 0 Å². The van der Waals surface area contributed by atoms with E-state index >= 15 is 0 Å². The predicted molar refractivity (Wildman–Crippen MR) is 102 cm³/mol. The van der Waals surface area contributed by atoms with Crippen LogP contribution in [-0.2, 0) is 4.74 Å². The second-order valence-electron chi connectivity index (χ2n) is 5.78. The molecular weight excluding hydrogens is 400 g/mol. The van der Waals surface area contributed by atoms with Crippen LogP contribution in [-0.4, -0.2) is 52.5 Å². The fraction of sp³-hybridized carbons (Fsp3) is 0.353. The zero-order valence-corrected chi connectivity index (χ0v) is 15.9. The molecule has 0 unspecified atom stereocenters. The number of benzene rings is 1. The smallest absolute Gasteiger partial charge is 0.198 e. The standard InChI is InChI=1S/C17H19BrN6O2/c1-2-26-14-9-12(3-4-13(14)23-5-7-25-8-6-23)21-16-17-19-11-20-24(17)10-15(18)22-16/h3-4,9-11H,2,5-8H2,1H3,(H,21,22). The van der Waals surface area contributed by atoms with Crippen LogP contribution in [0, 0.1) is 0 Å². The first-order valence-electron chi connectivity index (χ1n) is 8.47. The number of nitrogens with one attached hydrogen (secondary N) is 1. The minimum Gasteiger partial charge on any atom is -0.492 e. The number of rotatable bonds is 5. The van der Waals surface area contributed by atoms with Crippen LogP contribution >= 0.6 is 15.9 Å². The highest BCUT2D eigenvalue weighted by Gasteiger charge is 2.17. The van der Waals surface area contributed by atoms with Gasteiger partial charge in [-0.15, -0.1) is 0 Å². The van der Waals surface area contributed by atoms with Crippen LogP contribution in [0.15, 0.2) is 35.3 Å². The third kappa shape index (κ3) is 3.45. The van der Waals surface area contributed by atoms with E-state index in [0.29, 0.717) is 22.7 Å². The van der Waals surface area contributed by atoms with Crippen molar-refractivity contribution < 1.29 is 9.47 Å². The molecule has 3 heterocycles. The molecule has 1 N–H and O–H groups in total. The van der Waals surface area contributed by atoms with Gasteiger partial charge in [-0.3, -0.25) is 0 Å². The number of halogens is 1. The quantitative estimate of drug-likeness (QED) is 0.682. The summed E-state index contributed by atoms with van der Waals surface area (Å²) in [5, 5.41) is 7.47. The molecule has 26 heavy (non-hydrogen) atoms. The molecule has 0 amide bonds. The SMILES string of the molecule is CCOc1cc(Nc2nc(Br)cn3ncnc23)ccc1N1CCOCC1. The van der Waals surface area contributed by atoms with E-state index in [1.54, 1.807) is 10.7 Å². The van der Waals surface area contributed by atoms with Crippen molar-refractivity contribution in [2.24, 2.45) is 0 Å². The Morgan fingerprint density at radius 1 is 1.31 bits per heavy atom. The van der Waals surface area contributed by atoms with E-state index in [-0.39, 0.29) is 0 Å². The normalized spacial score (nSPS) is 14.6. The van der Waals surface area contributed by atoms with Crippen LogP contribution in [0.5, 0.6) is 5.75 Å². The lowest BCUT2D eigenvalue weighted by Crippen LogP contribution is -2.36. The molecule has 1 aliphatic heterocycles. The van der Waals surface area contributed by atoms with E-state index in [1.807, 2.05) is 19.1 Å². The van der Waals surface area contributed by atoms with E-state index in [2.05, 4.69) is 47.3 Å². The van der Waals surface area contributed by atoms with Gasteiger partial charge in [-0.2, -0.15) is 5.10 Å². The van der Waals surface area contributed by atoms with Crippen LogP contribution in [0.2, 0.25) is 0 Å². The summed E-state index contributed by atoms with van der Waals surface area (Å²) >= 11 is 3.40. The highest BCUT2D eigenvalue weighted by Crippen LogP contribution is 2.33. The highest BCUT2D eigenvalue weighted by molar-refractivity contribution is 9.10. The summed E-state index contributed by atoms with van der Waals surface area (Å²) < 4.78 is 13.7. The van der Waals surface area contributed by atoms with Crippen molar-refractivity contribution in [2.45, 2.75) is 6.92 Å². The summed E-state index contributed by atoms with van der Waals surface area (Å²) in [6.45, 7) is 5.78. The molecule has 8 nitrogen and oxygen atoms in total. The Kier molecular flexibility index (Phi) is 4.89. The van der Waals surface area contributed by atoms with Gasteiger partial charge < -0.3 is 19.7 Å². The van der Waals surface area contributed by atoms with Gasteiger partial charge in [0.2, 0.25) is 0 Å². The number of fused-ring (bicyclic) bond motifs is 1. The predicted octanol–water partition coefficient (Wildman–Crippen LogP) is 2.87. The number of nitrogens with zero attached hydrogens (tertiary/aromatic N) is 5. The molecule has 0 saturated carbocycles. The molecule has 9 heteroatoms. The Bertz CT molecular complexity index is 909. The first-order chi connectivity index (χ1) is 12.7. The van der Waals surface area contributed by atoms with Gasteiger partial charge in [0.25, 0.3) is 0 Å². The molecule has 1 saturated heterocycles. The largest absolute Gasteiger partial charge is 0.492 e. The van der Waals surface area contributed by atoms with Crippen LogP contribution in [0.3, 0.4) is 0 Å². The van der Waals surface area contributed by atoms with E-state index in [4.69, 9.17) is 9.47 Å². The fourth-order valence-corrected chi connectivity index (χ4v) is 3.32. The van der Waals surface area contributed by atoms with Crippen molar-refractivity contribution in [2.75, 3.05) is 43.1 Å². The lowest BCUT2D eigenvalue weighted by atomic mass is 10.2. The molecule has 136 valence electrons. The van der Waals surface area contributed by atoms with E-state index < -0.39 is 0 Å². The molecule has 0 bridgehead atoms. The molecule has 0 radical (unpaired) electrons. The third-order valence-electron chi connectivity index (χ3n) is 4.11. The lowest BCUT2D eigenvalue weighted by Gasteiger charge is -2.30. The Labute approximate surface area is 159 Å². The van der Waals surface area contributed by atoms with Crippen molar-refractivity contribution in [3.05, 3.63) is 35.3 Å². The van der Waals surface area contributed by atoms with Crippen LogP contribution in [0.4, 0.5) is 17.2 Å². The van der Waals surface area contributed by atoms with Gasteiger partial charge >= 0.3 is 0 Å². The van der Waals surface area contributed by atoms with Crippen LogP contribution in [0.25, 0.3) is 5.65 Å². The summed E-state index contributed by atoms with van der Waals surface area (Å²) in [4.78, 5) is 11.0. The minimum atomic E-state index is 0.602. The Morgan fingerprint density at radius 3 is 2.96 bits per heavy atom. The van der Waals surface area contributed by atoms with Gasteiger partial charge in [0.15, 0.2) is 11.5 Å². The highest BCUT2D eigenvalue weighted by atomic mass is 79.9. The lowest BCUT2D eigenvalue weighted by molar-refractivity contribution is 0.122. The van der Waals surface area contributed by atoms with Gasteiger partial charge in [0.05, 0.1) is 31.7 Å². The maximum absolute atomic E-state index is 5.88. The molecule has 0 spiro atoms. The maximum Gasteiger partial charge on any atom is 0.198 e. The number of hydrogen-bond donors (Lipinski definition) is 1. The first-order valence-corrected chi connectivity index (χ1v) is 9.26. The number of anilines is 3. The third-order valence-corrected chi connectivity index (χ3v) is 4.49. The van der Waals surface area contributed by atoms with Crippen LogP contribution in [0.1, 0.15) is 6.92 Å². The van der Waals surface area contributed by atoms with Crippen molar-refractivity contribution in [3.63, 3.8) is 0 Å². The number of morpholine rings is 1. The number of aromatic nitrogens is 4. The minimum absolute atomic E-state index is 0.602. The summed E-state index contributed by atoms with van der Waals surface area (Å²) in [6, 6.07) is 6.07. The molecular formula is C17H19BrN6O2. The molecule has 4 rings (SSSR count). The maximum atomic E-state index is 5.88. The average Bonchev–Trinajstić information content (AvgIpc) is 3.11. The van der Waals surface area contributed by atoms with Crippen molar-refractivity contribution in [1.29, 1.82) is 0 Å². The zero-order chi connectivity index (χ0) is 17.9. The van der Waals surface area contributed by atoms with Gasteiger partial charge in [0, 0.05) is 24.8 Å². The summed E-state index contributed by atoms with van der Waals surface area (Å²) in [5.74, 6) is 1.46. The molecule has 1 fully saturated rings. The van der Waals surface area contributed by atoms with Gasteiger partial charge in [0.1, 0.15) is 16.7 Å². The summed E-state index contributed by atoms with van der Waals surface area (Å²) in [5.41, 5.74) is 2.61.